The smallest absolute Gasteiger partial charge is 0.246 e. The summed E-state index contributed by atoms with van der Waals surface area (Å²) in [4.78, 5) is 16.4. The maximum absolute atomic E-state index is 12.9. The molecule has 2 aliphatic rings. The van der Waals surface area contributed by atoms with Crippen molar-refractivity contribution >= 4 is 17.7 Å². The number of carbonyl (C=O) groups excluding carboxylic acids is 1. The first-order valence-corrected chi connectivity index (χ1v) is 8.56. The van der Waals surface area contributed by atoms with Crippen molar-refractivity contribution in [3.63, 3.8) is 0 Å². The average Bonchev–Trinajstić information content (AvgIpc) is 3.15. The highest BCUT2D eigenvalue weighted by Crippen LogP contribution is 2.35. The van der Waals surface area contributed by atoms with Gasteiger partial charge in [-0.25, -0.2) is 4.39 Å². The zero-order valence-corrected chi connectivity index (χ0v) is 14.2. The highest BCUT2D eigenvalue weighted by Gasteiger charge is 2.22. The predicted octanol–water partition coefficient (Wildman–Crippen LogP) is 2.92. The number of ether oxygens (including phenoxy) is 2. The van der Waals surface area contributed by atoms with Gasteiger partial charge in [0.25, 0.3) is 0 Å². The van der Waals surface area contributed by atoms with Gasteiger partial charge >= 0.3 is 0 Å². The Morgan fingerprint density at radius 1 is 0.962 bits per heavy atom. The summed E-state index contributed by atoms with van der Waals surface area (Å²) in [5.41, 5.74) is 1.88. The van der Waals surface area contributed by atoms with Crippen LogP contribution in [0, 0.1) is 5.82 Å². The molecule has 0 aliphatic carbocycles. The molecule has 0 bridgehead atoms. The van der Waals surface area contributed by atoms with Gasteiger partial charge in [0.05, 0.1) is 0 Å². The summed E-state index contributed by atoms with van der Waals surface area (Å²) >= 11 is 0. The molecule has 2 aliphatic heterocycles. The monoisotopic (exact) mass is 354 g/mol. The Balaban J connectivity index is 1.34. The Kier molecular flexibility index (Phi) is 4.48. The Bertz CT molecular complexity index is 827. The number of carbonyl (C=O) groups is 1. The van der Waals surface area contributed by atoms with E-state index in [4.69, 9.17) is 9.47 Å². The molecule has 2 aromatic rings. The second kappa shape index (κ2) is 7.07. The van der Waals surface area contributed by atoms with Crippen molar-refractivity contribution in [1.82, 2.24) is 4.90 Å². The van der Waals surface area contributed by atoms with Gasteiger partial charge in [-0.15, -0.1) is 0 Å². The Labute approximate surface area is 151 Å². The van der Waals surface area contributed by atoms with Crippen LogP contribution in [0.2, 0.25) is 0 Å². The van der Waals surface area contributed by atoms with Crippen LogP contribution in [0.25, 0.3) is 6.08 Å². The third-order valence-electron chi connectivity index (χ3n) is 4.60. The van der Waals surface area contributed by atoms with Crippen molar-refractivity contribution in [1.29, 1.82) is 0 Å². The molecular formula is C20H19FN2O3. The van der Waals surface area contributed by atoms with E-state index in [2.05, 4.69) is 4.90 Å². The lowest BCUT2D eigenvalue weighted by molar-refractivity contribution is -0.126. The summed E-state index contributed by atoms with van der Waals surface area (Å²) in [5, 5.41) is 0. The lowest BCUT2D eigenvalue weighted by atomic mass is 10.2. The van der Waals surface area contributed by atoms with E-state index in [0.29, 0.717) is 13.1 Å². The zero-order chi connectivity index (χ0) is 17.9. The minimum absolute atomic E-state index is 0.0281. The Morgan fingerprint density at radius 2 is 1.69 bits per heavy atom. The molecule has 26 heavy (non-hydrogen) atoms. The largest absolute Gasteiger partial charge is 0.454 e. The molecule has 0 aromatic heterocycles. The van der Waals surface area contributed by atoms with E-state index in [0.717, 1.165) is 35.8 Å². The summed E-state index contributed by atoms with van der Waals surface area (Å²) in [7, 11) is 0. The quantitative estimate of drug-likeness (QED) is 0.795. The summed E-state index contributed by atoms with van der Waals surface area (Å²) in [6, 6.07) is 12.0. The van der Waals surface area contributed by atoms with Crippen LogP contribution in [0.4, 0.5) is 10.1 Å². The van der Waals surface area contributed by atoms with Crippen LogP contribution in [-0.4, -0.2) is 43.8 Å². The van der Waals surface area contributed by atoms with Crippen molar-refractivity contribution in [2.24, 2.45) is 0 Å². The molecule has 2 heterocycles. The van der Waals surface area contributed by atoms with E-state index in [1.807, 2.05) is 23.1 Å². The summed E-state index contributed by atoms with van der Waals surface area (Å²) in [6.07, 6.45) is 3.26. The molecule has 0 atom stereocenters. The molecule has 0 saturated carbocycles. The number of anilines is 1. The number of benzene rings is 2. The van der Waals surface area contributed by atoms with Crippen molar-refractivity contribution < 1.29 is 18.7 Å². The van der Waals surface area contributed by atoms with E-state index >= 15 is 0 Å². The molecule has 0 unspecified atom stereocenters. The van der Waals surface area contributed by atoms with Crippen molar-refractivity contribution in [3.05, 3.63) is 59.9 Å². The minimum Gasteiger partial charge on any atom is -0.454 e. The van der Waals surface area contributed by atoms with Crippen LogP contribution in [0.15, 0.2) is 48.5 Å². The Hall–Kier alpha value is -3.02. The lowest BCUT2D eigenvalue weighted by Crippen LogP contribution is -2.48. The number of hydrogen-bond acceptors (Lipinski definition) is 4. The molecule has 0 spiro atoms. The third-order valence-corrected chi connectivity index (χ3v) is 4.60. The fourth-order valence-corrected chi connectivity index (χ4v) is 3.11. The van der Waals surface area contributed by atoms with Crippen LogP contribution in [-0.2, 0) is 4.79 Å². The molecule has 1 fully saturated rings. The van der Waals surface area contributed by atoms with Crippen molar-refractivity contribution in [2.45, 2.75) is 0 Å². The summed E-state index contributed by atoms with van der Waals surface area (Å²) in [6.45, 7) is 3.09. The molecular weight excluding hydrogens is 335 g/mol. The SMILES string of the molecule is O=C(/C=C/c1ccc(F)cc1)N1CCN(c2ccc3c(c2)OCO3)CC1. The van der Waals surface area contributed by atoms with Gasteiger partial charge in [-0.3, -0.25) is 4.79 Å². The number of amides is 1. The fourth-order valence-electron chi connectivity index (χ4n) is 3.11. The van der Waals surface area contributed by atoms with Crippen molar-refractivity contribution in [3.8, 4) is 11.5 Å². The van der Waals surface area contributed by atoms with Crippen LogP contribution < -0.4 is 14.4 Å². The van der Waals surface area contributed by atoms with Gasteiger partial charge in [-0.05, 0) is 35.9 Å². The maximum atomic E-state index is 12.9. The molecule has 0 N–H and O–H groups in total. The number of nitrogens with zero attached hydrogens (tertiary/aromatic N) is 2. The maximum Gasteiger partial charge on any atom is 0.246 e. The topological polar surface area (TPSA) is 42.0 Å². The second-order valence-corrected chi connectivity index (χ2v) is 6.23. The second-order valence-electron chi connectivity index (χ2n) is 6.23. The third kappa shape index (κ3) is 3.49. The standard InChI is InChI=1S/C20H19FN2O3/c21-16-4-1-15(2-5-16)3-8-20(24)23-11-9-22(10-12-23)17-6-7-18-19(13-17)26-14-25-18/h1-8,13H,9-12,14H2/b8-3+. The van der Waals surface area contributed by atoms with Gasteiger partial charge in [0.1, 0.15) is 5.82 Å². The summed E-state index contributed by atoms with van der Waals surface area (Å²) in [5.74, 6) is 1.23. The molecule has 4 rings (SSSR count). The number of rotatable bonds is 3. The minimum atomic E-state index is -0.284. The normalized spacial score (nSPS) is 16.3. The number of fused-ring (bicyclic) bond motifs is 1. The molecule has 6 heteroatoms. The average molecular weight is 354 g/mol. The zero-order valence-electron chi connectivity index (χ0n) is 14.2. The van der Waals surface area contributed by atoms with E-state index in [-0.39, 0.29) is 18.5 Å². The van der Waals surface area contributed by atoms with E-state index in [9.17, 15) is 9.18 Å². The summed E-state index contributed by atoms with van der Waals surface area (Å²) < 4.78 is 23.7. The lowest BCUT2D eigenvalue weighted by Gasteiger charge is -2.35. The van der Waals surface area contributed by atoms with Gasteiger partial charge in [0, 0.05) is 44.0 Å². The highest BCUT2D eigenvalue weighted by molar-refractivity contribution is 5.92. The predicted molar refractivity (Wildman–Crippen MR) is 96.8 cm³/mol. The molecule has 2 aromatic carbocycles. The van der Waals surface area contributed by atoms with Gasteiger partial charge < -0.3 is 19.3 Å². The first kappa shape index (κ1) is 16.4. The van der Waals surface area contributed by atoms with E-state index in [1.165, 1.54) is 12.1 Å². The Morgan fingerprint density at radius 3 is 2.46 bits per heavy atom. The van der Waals surface area contributed by atoms with Gasteiger partial charge in [0.2, 0.25) is 12.7 Å². The van der Waals surface area contributed by atoms with Crippen LogP contribution in [0.5, 0.6) is 11.5 Å². The highest BCUT2D eigenvalue weighted by atomic mass is 19.1. The number of halogens is 1. The van der Waals surface area contributed by atoms with Crippen LogP contribution >= 0.6 is 0 Å². The van der Waals surface area contributed by atoms with Crippen LogP contribution in [0.3, 0.4) is 0 Å². The number of hydrogen-bond donors (Lipinski definition) is 0. The van der Waals surface area contributed by atoms with Gasteiger partial charge in [-0.1, -0.05) is 12.1 Å². The van der Waals surface area contributed by atoms with E-state index < -0.39 is 0 Å². The molecule has 1 amide bonds. The molecule has 1 saturated heterocycles. The van der Waals surface area contributed by atoms with Gasteiger partial charge in [-0.2, -0.15) is 0 Å². The van der Waals surface area contributed by atoms with Gasteiger partial charge in [0.15, 0.2) is 11.5 Å². The first-order chi connectivity index (χ1) is 12.7. The van der Waals surface area contributed by atoms with Crippen LogP contribution in [0.1, 0.15) is 5.56 Å². The van der Waals surface area contributed by atoms with E-state index in [1.54, 1.807) is 24.3 Å². The molecule has 134 valence electrons. The molecule has 5 nitrogen and oxygen atoms in total. The number of piperazine rings is 1. The fraction of sp³-hybridized carbons (Fsp3) is 0.250. The van der Waals surface area contributed by atoms with Crippen molar-refractivity contribution in [2.75, 3.05) is 37.9 Å². The first-order valence-electron chi connectivity index (χ1n) is 8.56. The molecule has 0 radical (unpaired) electrons.